The van der Waals surface area contributed by atoms with E-state index in [9.17, 15) is 0 Å². The first kappa shape index (κ1) is 11.1. The summed E-state index contributed by atoms with van der Waals surface area (Å²) < 4.78 is 1.15. The normalized spacial score (nSPS) is 10.1. The van der Waals surface area contributed by atoms with E-state index in [1.54, 1.807) is 23.1 Å². The number of halogens is 1. The maximum atomic E-state index is 3.95. The second-order valence-electron chi connectivity index (χ2n) is 2.83. The van der Waals surface area contributed by atoms with Crippen molar-refractivity contribution in [2.45, 2.75) is 18.7 Å². The van der Waals surface area contributed by atoms with Crippen LogP contribution in [0.3, 0.4) is 0 Å². The Balaban J connectivity index is 3.04. The van der Waals surface area contributed by atoms with Crippen LogP contribution in [0.15, 0.2) is 32.8 Å². The third-order valence-corrected chi connectivity index (χ3v) is 4.16. The number of hydrogen-bond donors (Lipinski definition) is 0. The molecule has 1 heterocycles. The minimum Gasteiger partial charge on any atom is -0.127 e. The quantitative estimate of drug-likeness (QED) is 0.686. The van der Waals surface area contributed by atoms with E-state index in [0.717, 1.165) is 14.3 Å². The fourth-order valence-corrected chi connectivity index (χ4v) is 3.62. The van der Waals surface area contributed by atoms with Crippen molar-refractivity contribution in [3.05, 3.63) is 32.8 Å². The number of allylic oxidation sites excluding steroid dienone is 2. The van der Waals surface area contributed by atoms with Gasteiger partial charge in [0.25, 0.3) is 0 Å². The van der Waals surface area contributed by atoms with Crippen molar-refractivity contribution in [3.63, 3.8) is 0 Å². The van der Waals surface area contributed by atoms with E-state index in [-0.39, 0.29) is 0 Å². The van der Waals surface area contributed by atoms with Gasteiger partial charge < -0.3 is 0 Å². The van der Waals surface area contributed by atoms with Crippen LogP contribution in [0.2, 0.25) is 0 Å². The molecule has 0 aliphatic rings. The maximum Gasteiger partial charge on any atom is 0.0716 e. The summed E-state index contributed by atoms with van der Waals surface area (Å²) in [6.45, 7) is 11.9. The highest BCUT2D eigenvalue weighted by Crippen LogP contribution is 2.39. The molecule has 0 fully saturated rings. The van der Waals surface area contributed by atoms with Crippen LogP contribution < -0.4 is 0 Å². The lowest BCUT2D eigenvalue weighted by atomic mass is 10.3. The number of thiophene rings is 1. The van der Waals surface area contributed by atoms with Crippen LogP contribution in [0.25, 0.3) is 5.57 Å². The highest BCUT2D eigenvalue weighted by Gasteiger charge is 2.08. The second-order valence-corrected chi connectivity index (χ2v) is 6.60. The average Bonchev–Trinajstić information content (AvgIpc) is 2.29. The van der Waals surface area contributed by atoms with E-state index in [1.165, 1.54) is 9.77 Å². The summed E-state index contributed by atoms with van der Waals surface area (Å²) in [5, 5.41) is 0. The average molecular weight is 275 g/mol. The number of hydrogen-bond acceptors (Lipinski definition) is 2. The Labute approximate surface area is 95.9 Å². The Hall–Kier alpha value is 0.01000. The van der Waals surface area contributed by atoms with Crippen molar-refractivity contribution >= 4 is 44.6 Å². The van der Waals surface area contributed by atoms with Crippen LogP contribution in [0.5, 0.6) is 0 Å². The molecule has 3 heteroatoms. The predicted octanol–water partition coefficient (Wildman–Crippen LogP) is 5.17. The fraction of sp³-hybridized carbons (Fsp3) is 0.200. The molecule has 1 aromatic rings. The molecule has 0 saturated carbocycles. The molecule has 0 aliphatic heterocycles. The molecule has 0 unspecified atom stereocenters. The first-order valence-corrected chi connectivity index (χ1v) is 6.22. The van der Waals surface area contributed by atoms with Crippen molar-refractivity contribution in [1.82, 2.24) is 0 Å². The van der Waals surface area contributed by atoms with Gasteiger partial charge in [-0.1, -0.05) is 24.9 Å². The molecule has 0 nitrogen and oxygen atoms in total. The molecule has 0 N–H and O–H groups in total. The first-order valence-electron chi connectivity index (χ1n) is 3.79. The van der Waals surface area contributed by atoms with Crippen LogP contribution in [0, 0.1) is 0 Å². The van der Waals surface area contributed by atoms with Gasteiger partial charge in [-0.2, -0.15) is 0 Å². The van der Waals surface area contributed by atoms with Gasteiger partial charge in [-0.3, -0.25) is 0 Å². The standard InChI is InChI=1S/C10H11BrS2/c1-6(2)10-8(12-7(3)4)5-9(11)13-10/h5H,1,3H2,2,4H3. The lowest BCUT2D eigenvalue weighted by molar-refractivity contribution is 1.50. The summed E-state index contributed by atoms with van der Waals surface area (Å²) in [4.78, 5) is 3.60. The summed E-state index contributed by atoms with van der Waals surface area (Å²) in [7, 11) is 0. The van der Waals surface area contributed by atoms with Crippen LogP contribution in [-0.4, -0.2) is 0 Å². The van der Waals surface area contributed by atoms with E-state index < -0.39 is 0 Å². The zero-order valence-electron chi connectivity index (χ0n) is 7.69. The third-order valence-electron chi connectivity index (χ3n) is 1.34. The van der Waals surface area contributed by atoms with Crippen molar-refractivity contribution in [1.29, 1.82) is 0 Å². The van der Waals surface area contributed by atoms with Crippen molar-refractivity contribution in [2.24, 2.45) is 0 Å². The fourth-order valence-electron chi connectivity index (χ4n) is 0.907. The molecule has 70 valence electrons. The molecular formula is C10H11BrS2. The zero-order valence-corrected chi connectivity index (χ0v) is 10.9. The lowest BCUT2D eigenvalue weighted by Gasteiger charge is -2.00. The van der Waals surface area contributed by atoms with Crippen LogP contribution in [0.4, 0.5) is 0 Å². The smallest absolute Gasteiger partial charge is 0.0716 e. The molecule has 0 spiro atoms. The molecule has 0 bridgehead atoms. The van der Waals surface area contributed by atoms with Crippen molar-refractivity contribution in [3.8, 4) is 0 Å². The summed E-state index contributed by atoms with van der Waals surface area (Å²) in [5.74, 6) is 0. The highest BCUT2D eigenvalue weighted by molar-refractivity contribution is 9.11. The van der Waals surface area contributed by atoms with Gasteiger partial charge in [0.15, 0.2) is 0 Å². The molecular weight excluding hydrogens is 264 g/mol. The Morgan fingerprint density at radius 3 is 2.54 bits per heavy atom. The summed E-state index contributed by atoms with van der Waals surface area (Å²) in [5.41, 5.74) is 1.11. The first-order chi connectivity index (χ1) is 6.00. The topological polar surface area (TPSA) is 0 Å². The van der Waals surface area contributed by atoms with Gasteiger partial charge in [0, 0.05) is 9.77 Å². The molecule has 0 aromatic carbocycles. The van der Waals surface area contributed by atoms with Gasteiger partial charge in [-0.25, -0.2) is 0 Å². The van der Waals surface area contributed by atoms with Crippen LogP contribution >= 0.6 is 39.0 Å². The van der Waals surface area contributed by atoms with Crippen LogP contribution in [-0.2, 0) is 0 Å². The Morgan fingerprint density at radius 2 is 2.08 bits per heavy atom. The molecule has 0 atom stereocenters. The molecule has 0 aliphatic carbocycles. The number of thioether (sulfide) groups is 1. The van der Waals surface area contributed by atoms with E-state index >= 15 is 0 Å². The molecule has 0 amide bonds. The van der Waals surface area contributed by atoms with Gasteiger partial charge in [-0.05, 0) is 46.3 Å². The Kier molecular flexibility index (Phi) is 3.83. The van der Waals surface area contributed by atoms with E-state index in [0.29, 0.717) is 0 Å². The predicted molar refractivity (Wildman–Crippen MR) is 67.4 cm³/mol. The zero-order chi connectivity index (χ0) is 10.0. The van der Waals surface area contributed by atoms with Crippen molar-refractivity contribution in [2.75, 3.05) is 0 Å². The molecule has 0 saturated heterocycles. The largest absolute Gasteiger partial charge is 0.127 e. The van der Waals surface area contributed by atoms with Gasteiger partial charge in [-0.15, -0.1) is 11.3 Å². The number of rotatable bonds is 3. The van der Waals surface area contributed by atoms with Crippen LogP contribution in [0.1, 0.15) is 18.7 Å². The minimum atomic E-state index is 1.10. The SMILES string of the molecule is C=C(C)Sc1cc(Br)sc1C(=C)C. The molecule has 13 heavy (non-hydrogen) atoms. The summed E-state index contributed by atoms with van der Waals surface area (Å²) in [6.07, 6.45) is 0. The van der Waals surface area contributed by atoms with Gasteiger partial charge in [0.05, 0.1) is 3.79 Å². The molecule has 0 radical (unpaired) electrons. The highest BCUT2D eigenvalue weighted by atomic mass is 79.9. The van der Waals surface area contributed by atoms with Gasteiger partial charge in [0.2, 0.25) is 0 Å². The monoisotopic (exact) mass is 274 g/mol. The molecule has 1 rings (SSSR count). The summed E-state index contributed by atoms with van der Waals surface area (Å²) in [6, 6.07) is 2.12. The van der Waals surface area contributed by atoms with E-state index in [2.05, 4.69) is 35.2 Å². The third kappa shape index (κ3) is 3.01. The van der Waals surface area contributed by atoms with Crippen molar-refractivity contribution < 1.29 is 0 Å². The Bertz CT molecular complexity index is 350. The molecule has 1 aromatic heterocycles. The Morgan fingerprint density at radius 1 is 1.46 bits per heavy atom. The maximum absolute atomic E-state index is 3.95. The van der Waals surface area contributed by atoms with E-state index in [1.807, 2.05) is 13.8 Å². The summed E-state index contributed by atoms with van der Waals surface area (Å²) >= 11 is 6.89. The second kappa shape index (κ2) is 4.49. The van der Waals surface area contributed by atoms with Gasteiger partial charge >= 0.3 is 0 Å². The van der Waals surface area contributed by atoms with Gasteiger partial charge in [0.1, 0.15) is 0 Å². The van der Waals surface area contributed by atoms with E-state index in [4.69, 9.17) is 0 Å². The minimum absolute atomic E-state index is 1.10. The lowest BCUT2D eigenvalue weighted by Crippen LogP contribution is -1.73.